The summed E-state index contributed by atoms with van der Waals surface area (Å²) in [7, 11) is 0. The second kappa shape index (κ2) is 13.0. The standard InChI is InChI=1S/C34H47N3O4S/c1-5-19-35(21-24-13-9-7-10-14-24)31(39)28-27-17-18-34(42-27)29(28)32(40)37(26(22-38)23(3)4)30(34)33(41)36(20-6-2)25-15-11-8-12-16-25/h5-7,9-10,13-14,23,25-30,38H,1-2,8,11-12,15-22H2,3-4H3/t26-,27-,28+,29-,30?,34?/m0/s1. The molecule has 3 heterocycles. The molecule has 0 aromatic heterocycles. The number of amides is 3. The molecule has 3 saturated heterocycles. The lowest BCUT2D eigenvalue weighted by Gasteiger charge is -2.43. The Morgan fingerprint density at radius 1 is 1.07 bits per heavy atom. The van der Waals surface area contributed by atoms with Crippen LogP contribution in [0, 0.1) is 17.8 Å². The molecule has 2 bridgehead atoms. The van der Waals surface area contributed by atoms with Gasteiger partial charge < -0.3 is 19.8 Å². The van der Waals surface area contributed by atoms with Crippen LogP contribution in [0.25, 0.3) is 0 Å². The number of likely N-dealkylation sites (tertiary alicyclic amines) is 1. The molecular formula is C34H47N3O4S. The number of aliphatic hydroxyl groups is 1. The van der Waals surface area contributed by atoms with E-state index < -0.39 is 28.7 Å². The number of aliphatic hydroxyl groups excluding tert-OH is 1. The van der Waals surface area contributed by atoms with E-state index in [4.69, 9.17) is 0 Å². The second-order valence-electron chi connectivity index (χ2n) is 12.9. The quantitative estimate of drug-likeness (QED) is 0.357. The van der Waals surface area contributed by atoms with Gasteiger partial charge in [0.25, 0.3) is 0 Å². The SMILES string of the molecule is C=CCN(Cc1ccccc1)C(=O)[C@@H]1[C@@H]2CCC3(S2)C(C(=O)N(CC=C)C2CCCCC2)N([C@@H](CO)C(C)C)C(=O)[C@H]13. The molecule has 6 atom stereocenters. The summed E-state index contributed by atoms with van der Waals surface area (Å²) in [4.78, 5) is 49.3. The van der Waals surface area contributed by atoms with Crippen molar-refractivity contribution in [2.24, 2.45) is 17.8 Å². The Morgan fingerprint density at radius 3 is 2.38 bits per heavy atom. The second-order valence-corrected chi connectivity index (χ2v) is 14.5. The topological polar surface area (TPSA) is 81.2 Å². The first kappa shape index (κ1) is 30.9. The molecular weight excluding hydrogens is 546 g/mol. The number of thioether (sulfide) groups is 1. The van der Waals surface area contributed by atoms with Crippen molar-refractivity contribution in [3.8, 4) is 0 Å². The van der Waals surface area contributed by atoms with E-state index in [1.807, 2.05) is 54.0 Å². The van der Waals surface area contributed by atoms with Gasteiger partial charge in [0.05, 0.1) is 29.2 Å². The summed E-state index contributed by atoms with van der Waals surface area (Å²) >= 11 is 1.70. The third-order valence-corrected chi connectivity index (χ3v) is 12.0. The third kappa shape index (κ3) is 5.34. The Bertz CT molecular complexity index is 1170. The summed E-state index contributed by atoms with van der Waals surface area (Å²) in [5.74, 6) is -1.35. The van der Waals surface area contributed by atoms with Crippen LogP contribution < -0.4 is 0 Å². The lowest BCUT2D eigenvalue weighted by molar-refractivity contribution is -0.149. The van der Waals surface area contributed by atoms with Crippen molar-refractivity contribution >= 4 is 29.5 Å². The summed E-state index contributed by atoms with van der Waals surface area (Å²) in [6.45, 7) is 12.9. The van der Waals surface area contributed by atoms with Crippen molar-refractivity contribution < 1.29 is 19.5 Å². The van der Waals surface area contributed by atoms with Crippen LogP contribution in [0.5, 0.6) is 0 Å². The lowest BCUT2D eigenvalue weighted by Crippen LogP contribution is -2.60. The average molecular weight is 594 g/mol. The molecule has 0 radical (unpaired) electrons. The van der Waals surface area contributed by atoms with Crippen LogP contribution >= 0.6 is 11.8 Å². The Labute approximate surface area is 255 Å². The smallest absolute Gasteiger partial charge is 0.247 e. The molecule has 1 saturated carbocycles. The predicted octanol–water partition coefficient (Wildman–Crippen LogP) is 4.66. The molecule has 228 valence electrons. The van der Waals surface area contributed by atoms with Crippen LogP contribution in [0.4, 0.5) is 0 Å². The van der Waals surface area contributed by atoms with E-state index >= 15 is 0 Å². The Balaban J connectivity index is 1.53. The number of carbonyl (C=O) groups excluding carboxylic acids is 3. The van der Waals surface area contributed by atoms with E-state index in [1.54, 1.807) is 28.8 Å². The Kier molecular flexibility index (Phi) is 9.53. The summed E-state index contributed by atoms with van der Waals surface area (Å²) in [6, 6.07) is 8.82. The van der Waals surface area contributed by atoms with E-state index in [0.29, 0.717) is 19.6 Å². The van der Waals surface area contributed by atoms with Crippen molar-refractivity contribution in [2.45, 2.75) is 93.5 Å². The van der Waals surface area contributed by atoms with Crippen LogP contribution in [0.15, 0.2) is 55.6 Å². The molecule has 7 nitrogen and oxygen atoms in total. The summed E-state index contributed by atoms with van der Waals surface area (Å²) in [5, 5.41) is 10.6. The minimum Gasteiger partial charge on any atom is -0.394 e. The van der Waals surface area contributed by atoms with Crippen LogP contribution in [-0.2, 0) is 20.9 Å². The molecule has 1 aromatic rings. The highest BCUT2D eigenvalue weighted by atomic mass is 32.2. The molecule has 1 spiro atoms. The Hall–Kier alpha value is -2.58. The maximum Gasteiger partial charge on any atom is 0.247 e. The molecule has 42 heavy (non-hydrogen) atoms. The number of benzene rings is 1. The first-order valence-corrected chi connectivity index (χ1v) is 16.6. The van der Waals surface area contributed by atoms with Gasteiger partial charge in [-0.15, -0.1) is 24.9 Å². The molecule has 8 heteroatoms. The van der Waals surface area contributed by atoms with Crippen LogP contribution in [0.2, 0.25) is 0 Å². The van der Waals surface area contributed by atoms with Gasteiger partial charge in [0, 0.05) is 30.9 Å². The molecule has 1 aromatic carbocycles. The molecule has 3 amide bonds. The lowest BCUT2D eigenvalue weighted by atomic mass is 9.70. The molecule has 5 rings (SSSR count). The normalized spacial score (nSPS) is 29.4. The number of rotatable bonds is 12. The molecule has 4 fully saturated rings. The highest BCUT2D eigenvalue weighted by Crippen LogP contribution is 2.67. The van der Waals surface area contributed by atoms with E-state index in [-0.39, 0.29) is 41.5 Å². The van der Waals surface area contributed by atoms with Crippen LogP contribution in [0.1, 0.15) is 64.4 Å². The fraction of sp³-hybridized carbons (Fsp3) is 0.618. The number of hydrogen-bond acceptors (Lipinski definition) is 5. The number of carbonyl (C=O) groups is 3. The summed E-state index contributed by atoms with van der Waals surface area (Å²) < 4.78 is -0.678. The molecule has 4 aliphatic rings. The van der Waals surface area contributed by atoms with Gasteiger partial charge in [-0.3, -0.25) is 14.4 Å². The van der Waals surface area contributed by atoms with E-state index in [0.717, 1.165) is 44.1 Å². The van der Waals surface area contributed by atoms with Crippen molar-refractivity contribution in [2.75, 3.05) is 19.7 Å². The van der Waals surface area contributed by atoms with Crippen LogP contribution in [-0.4, -0.2) is 85.3 Å². The van der Waals surface area contributed by atoms with Crippen molar-refractivity contribution in [3.63, 3.8) is 0 Å². The van der Waals surface area contributed by atoms with Crippen molar-refractivity contribution in [1.29, 1.82) is 0 Å². The molecule has 2 unspecified atom stereocenters. The number of hydrogen-bond donors (Lipinski definition) is 1. The van der Waals surface area contributed by atoms with Crippen LogP contribution in [0.3, 0.4) is 0 Å². The maximum atomic E-state index is 14.8. The summed E-state index contributed by atoms with van der Waals surface area (Å²) in [6.07, 6.45) is 10.3. The highest BCUT2D eigenvalue weighted by molar-refractivity contribution is 8.02. The van der Waals surface area contributed by atoms with E-state index in [2.05, 4.69) is 13.2 Å². The number of fused-ring (bicyclic) bond motifs is 1. The van der Waals surface area contributed by atoms with Gasteiger partial charge in [-0.2, -0.15) is 0 Å². The van der Waals surface area contributed by atoms with Gasteiger partial charge in [0.15, 0.2) is 0 Å². The number of nitrogens with zero attached hydrogens (tertiary/aromatic N) is 3. The zero-order valence-corrected chi connectivity index (χ0v) is 26.0. The predicted molar refractivity (Wildman–Crippen MR) is 168 cm³/mol. The van der Waals surface area contributed by atoms with E-state index in [9.17, 15) is 19.5 Å². The largest absolute Gasteiger partial charge is 0.394 e. The first-order chi connectivity index (χ1) is 20.3. The van der Waals surface area contributed by atoms with Crippen molar-refractivity contribution in [3.05, 3.63) is 61.2 Å². The zero-order valence-electron chi connectivity index (χ0n) is 25.2. The maximum absolute atomic E-state index is 14.8. The van der Waals surface area contributed by atoms with Gasteiger partial charge in [-0.25, -0.2) is 0 Å². The first-order valence-electron chi connectivity index (χ1n) is 15.7. The fourth-order valence-corrected chi connectivity index (χ4v) is 10.3. The van der Waals surface area contributed by atoms with Gasteiger partial charge in [0.1, 0.15) is 6.04 Å². The van der Waals surface area contributed by atoms with Gasteiger partial charge in [-0.05, 0) is 37.2 Å². The Morgan fingerprint density at radius 2 is 1.76 bits per heavy atom. The molecule has 1 aliphatic carbocycles. The molecule has 1 N–H and O–H groups in total. The minimum absolute atomic E-state index is 0.0128. The minimum atomic E-state index is -0.703. The van der Waals surface area contributed by atoms with Gasteiger partial charge >= 0.3 is 0 Å². The zero-order chi connectivity index (χ0) is 30.0. The monoisotopic (exact) mass is 593 g/mol. The third-order valence-electron chi connectivity index (χ3n) is 10.1. The van der Waals surface area contributed by atoms with Crippen molar-refractivity contribution in [1.82, 2.24) is 14.7 Å². The van der Waals surface area contributed by atoms with Gasteiger partial charge in [-0.1, -0.05) is 75.6 Å². The molecule has 3 aliphatic heterocycles. The summed E-state index contributed by atoms with van der Waals surface area (Å²) in [5.41, 5.74) is 1.03. The fourth-order valence-electron chi connectivity index (χ4n) is 8.14. The average Bonchev–Trinajstić information content (AvgIpc) is 3.64. The van der Waals surface area contributed by atoms with Gasteiger partial charge in [0.2, 0.25) is 17.7 Å². The van der Waals surface area contributed by atoms with E-state index in [1.165, 1.54) is 6.42 Å². The highest BCUT2D eigenvalue weighted by Gasteiger charge is 2.74.